The molecule has 0 aromatic rings. The molecule has 1 saturated carbocycles. The molecule has 2 aliphatic rings. The maximum absolute atomic E-state index is 3.53. The third-order valence-corrected chi connectivity index (χ3v) is 4.42. The van der Waals surface area contributed by atoms with Crippen LogP contribution in [0.25, 0.3) is 0 Å². The molecule has 1 N–H and O–H groups in total. The van der Waals surface area contributed by atoms with Crippen molar-refractivity contribution >= 4 is 0 Å². The Bertz CT molecular complexity index is 153. The van der Waals surface area contributed by atoms with Crippen molar-refractivity contribution in [3.8, 4) is 0 Å². The van der Waals surface area contributed by atoms with E-state index in [2.05, 4.69) is 19.2 Å². The van der Waals surface area contributed by atoms with Gasteiger partial charge in [-0.3, -0.25) is 0 Å². The molecule has 0 radical (unpaired) electrons. The van der Waals surface area contributed by atoms with Crippen molar-refractivity contribution in [2.45, 2.75) is 39.5 Å². The normalized spacial score (nSPS) is 41.5. The minimum absolute atomic E-state index is 0.964. The van der Waals surface area contributed by atoms with Gasteiger partial charge in [-0.25, -0.2) is 0 Å². The summed E-state index contributed by atoms with van der Waals surface area (Å²) in [4.78, 5) is 0. The van der Waals surface area contributed by atoms with Gasteiger partial charge in [-0.15, -0.1) is 0 Å². The van der Waals surface area contributed by atoms with Crippen LogP contribution in [0.1, 0.15) is 39.5 Å². The first kappa shape index (κ1) is 9.51. The van der Waals surface area contributed by atoms with Crippen LogP contribution in [0.2, 0.25) is 0 Å². The Hall–Kier alpha value is -0.0400. The molecule has 1 saturated heterocycles. The summed E-state index contributed by atoms with van der Waals surface area (Å²) in [6, 6.07) is 0. The van der Waals surface area contributed by atoms with Gasteiger partial charge in [0.05, 0.1) is 0 Å². The summed E-state index contributed by atoms with van der Waals surface area (Å²) in [6.45, 7) is 7.35. The van der Waals surface area contributed by atoms with Crippen molar-refractivity contribution in [2.24, 2.45) is 23.7 Å². The first-order valence-electron chi connectivity index (χ1n) is 6.02. The van der Waals surface area contributed by atoms with E-state index in [1.54, 1.807) is 0 Å². The molecule has 0 spiro atoms. The van der Waals surface area contributed by atoms with Gasteiger partial charge in [0.25, 0.3) is 0 Å². The van der Waals surface area contributed by atoms with E-state index < -0.39 is 0 Å². The highest BCUT2D eigenvalue weighted by atomic mass is 14.9. The quantitative estimate of drug-likeness (QED) is 0.690. The monoisotopic (exact) mass is 181 g/mol. The molecule has 1 aliphatic heterocycles. The fraction of sp³-hybridized carbons (Fsp3) is 1.00. The first-order valence-corrected chi connectivity index (χ1v) is 6.02. The second-order valence-corrected chi connectivity index (χ2v) is 5.13. The Balaban J connectivity index is 1.91. The van der Waals surface area contributed by atoms with Crippen molar-refractivity contribution in [3.05, 3.63) is 0 Å². The highest BCUT2D eigenvalue weighted by Gasteiger charge is 2.36. The molecular weight excluding hydrogens is 158 g/mol. The Morgan fingerprint density at radius 3 is 2.77 bits per heavy atom. The van der Waals surface area contributed by atoms with Crippen molar-refractivity contribution in [1.29, 1.82) is 0 Å². The molecule has 4 unspecified atom stereocenters. The smallest absolute Gasteiger partial charge is 0.00178 e. The lowest BCUT2D eigenvalue weighted by atomic mass is 9.89. The number of hydrogen-bond donors (Lipinski definition) is 1. The van der Waals surface area contributed by atoms with E-state index in [1.165, 1.54) is 38.8 Å². The zero-order valence-corrected chi connectivity index (χ0v) is 9.05. The number of piperidine rings is 1. The van der Waals surface area contributed by atoms with E-state index in [0.29, 0.717) is 0 Å². The lowest BCUT2D eigenvalue weighted by Gasteiger charge is -2.25. The fourth-order valence-corrected chi connectivity index (χ4v) is 3.24. The van der Waals surface area contributed by atoms with Gasteiger partial charge < -0.3 is 5.32 Å². The van der Waals surface area contributed by atoms with Crippen LogP contribution in [0.3, 0.4) is 0 Å². The molecule has 0 aromatic carbocycles. The van der Waals surface area contributed by atoms with E-state index in [-0.39, 0.29) is 0 Å². The van der Waals surface area contributed by atoms with Gasteiger partial charge in [-0.1, -0.05) is 20.3 Å². The van der Waals surface area contributed by atoms with Crippen molar-refractivity contribution in [1.82, 2.24) is 5.32 Å². The predicted octanol–water partition coefficient (Wildman–Crippen LogP) is 2.67. The van der Waals surface area contributed by atoms with Crippen LogP contribution in [0.5, 0.6) is 0 Å². The summed E-state index contributed by atoms with van der Waals surface area (Å²) in [5, 5.41) is 3.53. The molecule has 4 atom stereocenters. The average molecular weight is 181 g/mol. The summed E-state index contributed by atoms with van der Waals surface area (Å²) in [7, 11) is 0. The fourth-order valence-electron chi connectivity index (χ4n) is 3.24. The van der Waals surface area contributed by atoms with E-state index in [1.807, 2.05) is 0 Å². The van der Waals surface area contributed by atoms with Gasteiger partial charge >= 0.3 is 0 Å². The van der Waals surface area contributed by atoms with E-state index >= 15 is 0 Å². The number of nitrogens with one attached hydrogen (secondary N) is 1. The zero-order chi connectivity index (χ0) is 9.26. The third kappa shape index (κ3) is 1.90. The molecule has 2 fully saturated rings. The van der Waals surface area contributed by atoms with Crippen molar-refractivity contribution in [2.75, 3.05) is 13.1 Å². The van der Waals surface area contributed by atoms with Crippen molar-refractivity contribution < 1.29 is 0 Å². The minimum atomic E-state index is 0.964. The topological polar surface area (TPSA) is 12.0 Å². The van der Waals surface area contributed by atoms with E-state index in [0.717, 1.165) is 23.7 Å². The minimum Gasteiger partial charge on any atom is -0.316 e. The molecule has 2 rings (SSSR count). The molecule has 0 bridgehead atoms. The molecule has 1 heterocycles. The van der Waals surface area contributed by atoms with Gasteiger partial charge in [0.15, 0.2) is 0 Å². The van der Waals surface area contributed by atoms with Gasteiger partial charge in [0.2, 0.25) is 0 Å². The summed E-state index contributed by atoms with van der Waals surface area (Å²) in [6.07, 6.45) is 5.85. The molecule has 1 aliphatic carbocycles. The molecule has 1 heteroatoms. The maximum atomic E-state index is 3.53. The van der Waals surface area contributed by atoms with Crippen LogP contribution in [0.4, 0.5) is 0 Å². The van der Waals surface area contributed by atoms with Crippen LogP contribution in [-0.4, -0.2) is 13.1 Å². The second kappa shape index (κ2) is 4.00. The van der Waals surface area contributed by atoms with Crippen LogP contribution in [0.15, 0.2) is 0 Å². The number of hydrogen-bond acceptors (Lipinski definition) is 1. The molecule has 0 aromatic heterocycles. The van der Waals surface area contributed by atoms with E-state index in [9.17, 15) is 0 Å². The SMILES string of the molecule is CCC(C)C1CC2CCNCC2C1. The lowest BCUT2D eigenvalue weighted by Crippen LogP contribution is -2.33. The summed E-state index contributed by atoms with van der Waals surface area (Å²) in [5.74, 6) is 4.10. The Morgan fingerprint density at radius 1 is 1.31 bits per heavy atom. The second-order valence-electron chi connectivity index (χ2n) is 5.13. The average Bonchev–Trinajstić information content (AvgIpc) is 2.59. The highest BCUT2D eigenvalue weighted by Crippen LogP contribution is 2.43. The zero-order valence-electron chi connectivity index (χ0n) is 9.05. The first-order chi connectivity index (χ1) is 6.31. The number of fused-ring (bicyclic) bond motifs is 1. The predicted molar refractivity (Wildman–Crippen MR) is 56.6 cm³/mol. The molecule has 0 amide bonds. The van der Waals surface area contributed by atoms with Gasteiger partial charge in [0.1, 0.15) is 0 Å². The Kier molecular flexibility index (Phi) is 2.92. The van der Waals surface area contributed by atoms with Gasteiger partial charge in [0, 0.05) is 0 Å². The molecule has 76 valence electrons. The summed E-state index contributed by atoms with van der Waals surface area (Å²) < 4.78 is 0. The van der Waals surface area contributed by atoms with Crippen LogP contribution >= 0.6 is 0 Å². The molecular formula is C12H23N. The van der Waals surface area contributed by atoms with Gasteiger partial charge in [-0.05, 0) is 56.0 Å². The summed E-state index contributed by atoms with van der Waals surface area (Å²) >= 11 is 0. The molecule has 13 heavy (non-hydrogen) atoms. The van der Waals surface area contributed by atoms with Crippen LogP contribution in [0, 0.1) is 23.7 Å². The Labute approximate surface area is 82.3 Å². The Morgan fingerprint density at radius 2 is 2.08 bits per heavy atom. The largest absolute Gasteiger partial charge is 0.316 e. The van der Waals surface area contributed by atoms with Crippen molar-refractivity contribution in [3.63, 3.8) is 0 Å². The maximum Gasteiger partial charge on any atom is -0.00178 e. The standard InChI is InChI=1S/C12H23N/c1-3-9(2)11-6-10-4-5-13-8-12(10)7-11/h9-13H,3-8H2,1-2H3. The summed E-state index contributed by atoms with van der Waals surface area (Å²) in [5.41, 5.74) is 0. The van der Waals surface area contributed by atoms with Crippen LogP contribution in [-0.2, 0) is 0 Å². The van der Waals surface area contributed by atoms with E-state index in [4.69, 9.17) is 0 Å². The molecule has 1 nitrogen and oxygen atoms in total. The third-order valence-electron chi connectivity index (χ3n) is 4.42. The lowest BCUT2D eigenvalue weighted by molar-refractivity contribution is 0.295. The highest BCUT2D eigenvalue weighted by molar-refractivity contribution is 4.89. The number of rotatable bonds is 2. The van der Waals surface area contributed by atoms with Crippen LogP contribution < -0.4 is 5.32 Å². The van der Waals surface area contributed by atoms with Gasteiger partial charge in [-0.2, -0.15) is 0 Å².